The normalized spacial score (nSPS) is 10.8. The average Bonchev–Trinajstić information content (AvgIpc) is 3.45. The highest BCUT2D eigenvalue weighted by Crippen LogP contribution is 2.35. The van der Waals surface area contributed by atoms with E-state index in [1.54, 1.807) is 6.92 Å². The molecule has 2 heterocycles. The van der Waals surface area contributed by atoms with E-state index in [0.717, 1.165) is 18.4 Å². The lowest BCUT2D eigenvalue weighted by Crippen LogP contribution is -2.14. The zero-order valence-electron chi connectivity index (χ0n) is 19.1. The molecule has 1 amide bonds. The van der Waals surface area contributed by atoms with Gasteiger partial charge in [0.1, 0.15) is 22.2 Å². The monoisotopic (exact) mass is 529 g/mol. The smallest absolute Gasteiger partial charge is 0.348 e. The third-order valence-corrected chi connectivity index (χ3v) is 5.89. The van der Waals surface area contributed by atoms with Gasteiger partial charge in [-0.2, -0.15) is 8.78 Å². The quantitative estimate of drug-likeness (QED) is 0.225. The van der Waals surface area contributed by atoms with Gasteiger partial charge in [-0.05, 0) is 31.0 Å². The van der Waals surface area contributed by atoms with Crippen molar-refractivity contribution in [1.82, 2.24) is 0 Å². The first kappa shape index (κ1) is 26.7. The lowest BCUT2D eigenvalue weighted by atomic mass is 10.1. The van der Waals surface area contributed by atoms with Crippen LogP contribution in [-0.2, 0) is 16.1 Å². The van der Waals surface area contributed by atoms with Gasteiger partial charge in [0.15, 0.2) is 23.1 Å². The van der Waals surface area contributed by atoms with Gasteiger partial charge in [0.05, 0.1) is 19.3 Å². The molecule has 192 valence electrons. The lowest BCUT2D eigenvalue weighted by Gasteiger charge is -2.08. The summed E-state index contributed by atoms with van der Waals surface area (Å²) < 4.78 is 74.1. The van der Waals surface area contributed by atoms with Gasteiger partial charge in [-0.1, -0.05) is 6.92 Å². The molecule has 0 aliphatic carbocycles. The molecule has 0 fully saturated rings. The lowest BCUT2D eigenvalue weighted by molar-refractivity contribution is 0.0506. The number of nitrogens with one attached hydrogen (secondary N) is 1. The fraction of sp³-hybridized carbons (Fsp3) is 0.261. The molecule has 0 atom stereocenters. The molecule has 0 saturated heterocycles. The van der Waals surface area contributed by atoms with E-state index in [0.29, 0.717) is 6.42 Å². The Hall–Kier alpha value is -3.87. The third kappa shape index (κ3) is 5.51. The number of esters is 2. The summed E-state index contributed by atoms with van der Waals surface area (Å²) in [5, 5.41) is 2.47. The first-order valence-corrected chi connectivity index (χ1v) is 11.1. The minimum Gasteiger partial charge on any atom is -0.479 e. The number of anilines is 1. The molecule has 3 rings (SSSR count). The van der Waals surface area contributed by atoms with Gasteiger partial charge < -0.3 is 23.9 Å². The molecule has 1 aromatic carbocycles. The molecule has 0 unspecified atom stereocenters. The van der Waals surface area contributed by atoms with Crippen molar-refractivity contribution in [2.24, 2.45) is 0 Å². The Balaban J connectivity index is 1.80. The van der Waals surface area contributed by atoms with Crippen molar-refractivity contribution in [3.8, 4) is 5.75 Å². The van der Waals surface area contributed by atoms with Gasteiger partial charge in [-0.15, -0.1) is 11.3 Å². The number of thiophene rings is 1. The van der Waals surface area contributed by atoms with Crippen LogP contribution in [0.3, 0.4) is 0 Å². The van der Waals surface area contributed by atoms with Crippen LogP contribution in [0, 0.1) is 30.2 Å². The van der Waals surface area contributed by atoms with Crippen molar-refractivity contribution < 1.29 is 50.6 Å². The second kappa shape index (κ2) is 11.2. The van der Waals surface area contributed by atoms with E-state index < -0.39 is 53.5 Å². The number of hydrogen-bond donors (Lipinski definition) is 1. The molecule has 0 radical (unpaired) electrons. The minimum atomic E-state index is -1.73. The summed E-state index contributed by atoms with van der Waals surface area (Å²) in [5.74, 6) is -10.7. The number of amides is 1. The molecule has 2 aromatic heterocycles. The highest BCUT2D eigenvalue weighted by atomic mass is 32.1. The molecular weight excluding hydrogens is 510 g/mol. The maximum atomic E-state index is 13.7. The van der Waals surface area contributed by atoms with Gasteiger partial charge in [-0.3, -0.25) is 4.79 Å². The predicted molar refractivity (Wildman–Crippen MR) is 118 cm³/mol. The summed E-state index contributed by atoms with van der Waals surface area (Å²) >= 11 is 0.796. The summed E-state index contributed by atoms with van der Waals surface area (Å²) in [5.41, 5.74) is 0.222. The SMILES string of the molecule is CCCOC(=O)c1c(NC(=O)c2ccc(COc3c(F)c(F)cc(F)c3F)o2)sc(C(=O)OC)c1C. The van der Waals surface area contributed by atoms with Crippen LogP contribution in [0.2, 0.25) is 0 Å². The number of ether oxygens (including phenoxy) is 3. The number of carbonyl (C=O) groups excluding carboxylic acids is 3. The van der Waals surface area contributed by atoms with Crippen molar-refractivity contribution in [2.45, 2.75) is 26.9 Å². The predicted octanol–water partition coefficient (Wildman–Crippen LogP) is 5.39. The fourth-order valence-corrected chi connectivity index (χ4v) is 4.07. The molecule has 1 N–H and O–H groups in total. The highest BCUT2D eigenvalue weighted by Gasteiger charge is 2.28. The molecular formula is C23H19F4NO7S. The van der Waals surface area contributed by atoms with Crippen molar-refractivity contribution in [2.75, 3.05) is 19.0 Å². The van der Waals surface area contributed by atoms with Crippen molar-refractivity contribution in [3.05, 3.63) is 69.0 Å². The number of benzene rings is 1. The number of halogens is 4. The second-order valence-electron chi connectivity index (χ2n) is 7.19. The van der Waals surface area contributed by atoms with E-state index in [2.05, 4.69) is 5.32 Å². The summed E-state index contributed by atoms with van der Waals surface area (Å²) in [6.45, 7) is 2.75. The molecule has 0 aliphatic rings. The van der Waals surface area contributed by atoms with Crippen molar-refractivity contribution in [1.29, 1.82) is 0 Å². The number of methoxy groups -OCH3 is 1. The Morgan fingerprint density at radius 3 is 2.33 bits per heavy atom. The Kier molecular flexibility index (Phi) is 8.35. The van der Waals surface area contributed by atoms with E-state index in [1.807, 2.05) is 0 Å². The van der Waals surface area contributed by atoms with E-state index in [4.69, 9.17) is 18.6 Å². The van der Waals surface area contributed by atoms with Crippen LogP contribution >= 0.6 is 11.3 Å². The summed E-state index contributed by atoms with van der Waals surface area (Å²) in [4.78, 5) is 37.4. The van der Waals surface area contributed by atoms with Crippen LogP contribution in [0.25, 0.3) is 0 Å². The first-order valence-electron chi connectivity index (χ1n) is 10.3. The topological polar surface area (TPSA) is 104 Å². The molecule has 8 nitrogen and oxygen atoms in total. The van der Waals surface area contributed by atoms with Crippen LogP contribution in [0.5, 0.6) is 5.75 Å². The first-order chi connectivity index (χ1) is 17.1. The van der Waals surface area contributed by atoms with Crippen LogP contribution in [-0.4, -0.2) is 31.6 Å². The van der Waals surface area contributed by atoms with Gasteiger partial charge in [0, 0.05) is 6.07 Å². The zero-order chi connectivity index (χ0) is 26.6. The average molecular weight is 529 g/mol. The standard InChI is InChI=1S/C23H19F4NO7S/c1-4-7-33-22(30)15-10(2)19(23(31)32-3)36-21(15)28-20(29)14-6-5-11(35-14)9-34-18-16(26)12(24)8-13(25)17(18)27/h5-6,8H,4,7,9H2,1-3H3,(H,28,29). The molecule has 0 saturated carbocycles. The van der Waals surface area contributed by atoms with E-state index >= 15 is 0 Å². The summed E-state index contributed by atoms with van der Waals surface area (Å²) in [6.07, 6.45) is 0.549. The van der Waals surface area contributed by atoms with Crippen molar-refractivity contribution in [3.63, 3.8) is 0 Å². The Morgan fingerprint density at radius 2 is 1.72 bits per heavy atom. The summed E-state index contributed by atoms with van der Waals surface area (Å²) in [6, 6.07) is 2.47. The fourth-order valence-electron chi connectivity index (χ4n) is 2.97. The Morgan fingerprint density at radius 1 is 1.06 bits per heavy atom. The molecule has 0 spiro atoms. The molecule has 3 aromatic rings. The van der Waals surface area contributed by atoms with E-state index in [9.17, 15) is 31.9 Å². The molecule has 0 bridgehead atoms. The second-order valence-corrected chi connectivity index (χ2v) is 8.21. The molecule has 13 heteroatoms. The molecule has 0 aliphatic heterocycles. The highest BCUT2D eigenvalue weighted by molar-refractivity contribution is 7.18. The number of furan rings is 1. The minimum absolute atomic E-state index is 0.00702. The van der Waals surface area contributed by atoms with Gasteiger partial charge in [0.25, 0.3) is 5.91 Å². The van der Waals surface area contributed by atoms with E-state index in [1.165, 1.54) is 19.1 Å². The number of hydrogen-bond acceptors (Lipinski definition) is 8. The zero-order valence-corrected chi connectivity index (χ0v) is 19.9. The third-order valence-electron chi connectivity index (χ3n) is 4.70. The van der Waals surface area contributed by atoms with Crippen molar-refractivity contribution >= 4 is 34.2 Å². The number of rotatable bonds is 9. The van der Waals surface area contributed by atoms with Crippen LogP contribution in [0.4, 0.5) is 22.6 Å². The largest absolute Gasteiger partial charge is 0.479 e. The number of carbonyl (C=O) groups is 3. The van der Waals surface area contributed by atoms with Crippen LogP contribution in [0.15, 0.2) is 22.6 Å². The van der Waals surface area contributed by atoms with Gasteiger partial charge >= 0.3 is 11.9 Å². The van der Waals surface area contributed by atoms with Crippen LogP contribution < -0.4 is 10.1 Å². The van der Waals surface area contributed by atoms with E-state index in [-0.39, 0.29) is 45.2 Å². The Bertz CT molecular complexity index is 1290. The maximum absolute atomic E-state index is 13.7. The van der Waals surface area contributed by atoms with Gasteiger partial charge in [0.2, 0.25) is 11.6 Å². The summed E-state index contributed by atoms with van der Waals surface area (Å²) in [7, 11) is 1.16. The maximum Gasteiger partial charge on any atom is 0.348 e. The van der Waals surface area contributed by atoms with Gasteiger partial charge in [-0.25, -0.2) is 18.4 Å². The Labute approximate surface area is 205 Å². The molecule has 36 heavy (non-hydrogen) atoms. The van der Waals surface area contributed by atoms with Crippen LogP contribution in [0.1, 0.15) is 55.3 Å².